The van der Waals surface area contributed by atoms with Gasteiger partial charge in [0, 0.05) is 39.6 Å². The lowest BCUT2D eigenvalue weighted by Crippen LogP contribution is -2.21. The zero-order chi connectivity index (χ0) is 14.7. The molecule has 2 aromatic heterocycles. The normalized spacial score (nSPS) is 10.4. The third kappa shape index (κ3) is 3.20. The number of hydrogen-bond acceptors (Lipinski definition) is 5. The van der Waals surface area contributed by atoms with E-state index >= 15 is 0 Å². The summed E-state index contributed by atoms with van der Waals surface area (Å²) in [6.45, 7) is 2.59. The molecule has 5 nitrogen and oxygen atoms in total. The lowest BCUT2D eigenvalue weighted by Gasteiger charge is -2.19. The number of halogens is 1. The number of nitrogens with zero attached hydrogens (tertiary/aromatic N) is 5. The highest BCUT2D eigenvalue weighted by molar-refractivity contribution is 5.43. The zero-order valence-electron chi connectivity index (χ0n) is 12.1. The largest absolute Gasteiger partial charge is 0.360 e. The predicted molar refractivity (Wildman–Crippen MR) is 77.4 cm³/mol. The fourth-order valence-electron chi connectivity index (χ4n) is 1.89. The maximum Gasteiger partial charge on any atom is 0.227 e. The molecule has 2 rings (SSSR count). The first-order valence-electron chi connectivity index (χ1n) is 6.30. The van der Waals surface area contributed by atoms with E-state index in [0.29, 0.717) is 12.5 Å². The molecule has 0 spiro atoms. The molecule has 0 amide bonds. The molecule has 0 radical (unpaired) electrons. The fourth-order valence-corrected chi connectivity index (χ4v) is 1.89. The summed E-state index contributed by atoms with van der Waals surface area (Å²) in [7, 11) is 5.38. The maximum absolute atomic E-state index is 13.6. The highest BCUT2D eigenvalue weighted by Gasteiger charge is 2.12. The third-order valence-corrected chi connectivity index (χ3v) is 2.86. The van der Waals surface area contributed by atoms with E-state index < -0.39 is 5.82 Å². The first-order chi connectivity index (χ1) is 9.47. The van der Waals surface area contributed by atoms with Crippen LogP contribution in [0.15, 0.2) is 24.5 Å². The average molecular weight is 275 g/mol. The van der Waals surface area contributed by atoms with Crippen LogP contribution in [0.4, 0.5) is 16.2 Å². The van der Waals surface area contributed by atoms with E-state index in [1.54, 1.807) is 25.2 Å². The van der Waals surface area contributed by atoms with Crippen molar-refractivity contribution >= 4 is 11.8 Å². The minimum absolute atomic E-state index is 0.285. The van der Waals surface area contributed by atoms with Gasteiger partial charge >= 0.3 is 0 Å². The van der Waals surface area contributed by atoms with E-state index in [1.807, 2.05) is 31.0 Å². The van der Waals surface area contributed by atoms with Gasteiger partial charge in [-0.3, -0.25) is 4.98 Å². The molecule has 0 atom stereocenters. The summed E-state index contributed by atoms with van der Waals surface area (Å²) in [4.78, 5) is 15.9. The summed E-state index contributed by atoms with van der Waals surface area (Å²) < 4.78 is 13.6. The van der Waals surface area contributed by atoms with Crippen molar-refractivity contribution in [2.45, 2.75) is 13.5 Å². The minimum Gasteiger partial charge on any atom is -0.360 e. The van der Waals surface area contributed by atoms with Crippen molar-refractivity contribution in [3.8, 4) is 0 Å². The molecule has 20 heavy (non-hydrogen) atoms. The second kappa shape index (κ2) is 5.81. The van der Waals surface area contributed by atoms with E-state index in [4.69, 9.17) is 0 Å². The number of anilines is 2. The van der Waals surface area contributed by atoms with Gasteiger partial charge in [0.15, 0.2) is 11.6 Å². The van der Waals surface area contributed by atoms with Crippen LogP contribution in [-0.4, -0.2) is 36.1 Å². The zero-order valence-corrected chi connectivity index (χ0v) is 12.1. The van der Waals surface area contributed by atoms with Gasteiger partial charge in [0.25, 0.3) is 0 Å². The summed E-state index contributed by atoms with van der Waals surface area (Å²) in [5.74, 6) is 0.351. The van der Waals surface area contributed by atoms with Crippen LogP contribution in [0.3, 0.4) is 0 Å². The number of hydrogen-bond donors (Lipinski definition) is 0. The van der Waals surface area contributed by atoms with E-state index in [0.717, 1.165) is 11.3 Å². The van der Waals surface area contributed by atoms with E-state index in [1.165, 1.54) is 6.20 Å². The van der Waals surface area contributed by atoms with Gasteiger partial charge in [0.2, 0.25) is 5.95 Å². The van der Waals surface area contributed by atoms with Crippen LogP contribution in [0, 0.1) is 12.7 Å². The SMILES string of the molecule is Cc1cc(CN(C)c2ncc(F)c(N(C)C)n2)ccn1. The van der Waals surface area contributed by atoms with Crippen molar-refractivity contribution in [3.63, 3.8) is 0 Å². The van der Waals surface area contributed by atoms with E-state index in [9.17, 15) is 4.39 Å². The van der Waals surface area contributed by atoms with Crippen molar-refractivity contribution in [3.05, 3.63) is 41.6 Å². The molecule has 0 bridgehead atoms. The third-order valence-electron chi connectivity index (χ3n) is 2.86. The Balaban J connectivity index is 2.21. The maximum atomic E-state index is 13.6. The second-order valence-corrected chi connectivity index (χ2v) is 4.90. The summed E-state index contributed by atoms with van der Waals surface area (Å²) in [5.41, 5.74) is 2.07. The Morgan fingerprint density at radius 2 is 1.95 bits per heavy atom. The average Bonchev–Trinajstić information content (AvgIpc) is 2.38. The Hall–Kier alpha value is -2.24. The van der Waals surface area contributed by atoms with Gasteiger partial charge in [0.1, 0.15) is 0 Å². The van der Waals surface area contributed by atoms with E-state index in [2.05, 4.69) is 15.0 Å². The van der Waals surface area contributed by atoms with Crippen molar-refractivity contribution in [1.29, 1.82) is 0 Å². The lowest BCUT2D eigenvalue weighted by molar-refractivity contribution is 0.610. The molecule has 2 aromatic rings. The fraction of sp³-hybridized carbons (Fsp3) is 0.357. The Bertz CT molecular complexity index is 600. The van der Waals surface area contributed by atoms with Crippen LogP contribution < -0.4 is 9.80 Å². The molecule has 0 fully saturated rings. The molecular formula is C14H18FN5. The summed E-state index contributed by atoms with van der Waals surface area (Å²) in [6, 6.07) is 3.95. The number of pyridine rings is 1. The molecular weight excluding hydrogens is 257 g/mol. The predicted octanol–water partition coefficient (Wildman–Crippen LogP) is 2.02. The molecule has 106 valence electrons. The number of aromatic nitrogens is 3. The van der Waals surface area contributed by atoms with Crippen molar-refractivity contribution < 1.29 is 4.39 Å². The molecule has 0 saturated heterocycles. The molecule has 0 aliphatic heterocycles. The minimum atomic E-state index is -0.424. The van der Waals surface area contributed by atoms with Crippen LogP contribution in [-0.2, 0) is 6.54 Å². The van der Waals surface area contributed by atoms with Gasteiger partial charge in [-0.05, 0) is 24.6 Å². The van der Waals surface area contributed by atoms with Crippen LogP contribution in [0.5, 0.6) is 0 Å². The topological polar surface area (TPSA) is 45.2 Å². The standard InChI is InChI=1S/C14H18FN5/c1-10-7-11(5-6-16-10)9-20(4)14-17-8-12(15)13(18-14)19(2)3/h5-8H,9H2,1-4H3. The van der Waals surface area contributed by atoms with Gasteiger partial charge < -0.3 is 9.80 Å². The molecule has 0 aliphatic carbocycles. The van der Waals surface area contributed by atoms with Crippen molar-refractivity contribution in [2.75, 3.05) is 30.9 Å². The lowest BCUT2D eigenvalue weighted by atomic mass is 10.2. The van der Waals surface area contributed by atoms with Crippen molar-refractivity contribution in [2.24, 2.45) is 0 Å². The van der Waals surface area contributed by atoms with Crippen molar-refractivity contribution in [1.82, 2.24) is 15.0 Å². The van der Waals surface area contributed by atoms with Crippen LogP contribution in [0.25, 0.3) is 0 Å². The van der Waals surface area contributed by atoms with Crippen LogP contribution in [0.1, 0.15) is 11.3 Å². The highest BCUT2D eigenvalue weighted by Crippen LogP contribution is 2.17. The molecule has 2 heterocycles. The molecule has 6 heteroatoms. The molecule has 0 unspecified atom stereocenters. The summed E-state index contributed by atoms with van der Waals surface area (Å²) in [6.07, 6.45) is 2.97. The molecule has 0 N–H and O–H groups in total. The quantitative estimate of drug-likeness (QED) is 0.854. The van der Waals surface area contributed by atoms with Gasteiger partial charge in [-0.25, -0.2) is 9.37 Å². The van der Waals surface area contributed by atoms with Crippen LogP contribution in [0.2, 0.25) is 0 Å². The van der Waals surface area contributed by atoms with Gasteiger partial charge in [-0.15, -0.1) is 0 Å². The Kier molecular flexibility index (Phi) is 4.12. The van der Waals surface area contributed by atoms with Gasteiger partial charge in [0.05, 0.1) is 6.20 Å². The molecule has 0 aliphatic rings. The first-order valence-corrected chi connectivity index (χ1v) is 6.30. The highest BCUT2D eigenvalue weighted by atomic mass is 19.1. The first kappa shape index (κ1) is 14.2. The molecule has 0 aromatic carbocycles. The second-order valence-electron chi connectivity index (χ2n) is 4.90. The summed E-state index contributed by atoms with van der Waals surface area (Å²) in [5, 5.41) is 0. The monoisotopic (exact) mass is 275 g/mol. The summed E-state index contributed by atoms with van der Waals surface area (Å²) >= 11 is 0. The van der Waals surface area contributed by atoms with Gasteiger partial charge in [-0.1, -0.05) is 0 Å². The van der Waals surface area contributed by atoms with Gasteiger partial charge in [-0.2, -0.15) is 4.98 Å². The smallest absolute Gasteiger partial charge is 0.227 e. The van der Waals surface area contributed by atoms with E-state index in [-0.39, 0.29) is 5.82 Å². The number of aryl methyl sites for hydroxylation is 1. The Morgan fingerprint density at radius 1 is 1.20 bits per heavy atom. The number of rotatable bonds is 4. The Labute approximate surface area is 118 Å². The van der Waals surface area contributed by atoms with Crippen LogP contribution >= 0.6 is 0 Å². The Morgan fingerprint density at radius 3 is 2.60 bits per heavy atom. The molecule has 0 saturated carbocycles.